The lowest BCUT2D eigenvalue weighted by Crippen LogP contribution is -2.43. The number of likely N-dealkylation sites (tertiary alicyclic amines) is 1. The minimum atomic E-state index is -3.76. The zero-order chi connectivity index (χ0) is 21.0. The summed E-state index contributed by atoms with van der Waals surface area (Å²) < 4.78 is 43.9. The zero-order valence-corrected chi connectivity index (χ0v) is 18.1. The molecule has 2 heterocycles. The molecule has 0 aliphatic carbocycles. The summed E-state index contributed by atoms with van der Waals surface area (Å²) in [5.74, 6) is 0.177. The first-order valence-corrected chi connectivity index (χ1v) is 11.6. The van der Waals surface area contributed by atoms with Gasteiger partial charge in [-0.15, -0.1) is 0 Å². The van der Waals surface area contributed by atoms with Gasteiger partial charge in [-0.05, 0) is 31.0 Å². The van der Waals surface area contributed by atoms with Crippen molar-refractivity contribution >= 4 is 15.9 Å². The van der Waals surface area contributed by atoms with Crippen LogP contribution in [0.2, 0.25) is 0 Å². The molecular formula is C20H30N2O6S. The lowest BCUT2D eigenvalue weighted by atomic mass is 9.96. The fourth-order valence-electron chi connectivity index (χ4n) is 3.96. The summed E-state index contributed by atoms with van der Waals surface area (Å²) >= 11 is 0. The number of nitrogens with zero attached hydrogens (tertiary/aromatic N) is 2. The predicted molar refractivity (Wildman–Crippen MR) is 107 cm³/mol. The van der Waals surface area contributed by atoms with Crippen molar-refractivity contribution in [3.8, 4) is 5.75 Å². The third-order valence-electron chi connectivity index (χ3n) is 5.51. The Morgan fingerprint density at radius 3 is 2.55 bits per heavy atom. The molecule has 0 radical (unpaired) electrons. The molecule has 3 rings (SSSR count). The standard InChI is InChI=1S/C20H30N2O6S/c1-4-22(5-2)29(24,25)18-13-15(8-9-17(18)26-3)19(23)21-10-6-7-16(14-21)20-27-11-12-28-20/h8-9,13,16,20H,4-7,10-12,14H2,1-3H3. The van der Waals surface area contributed by atoms with Crippen LogP contribution in [0, 0.1) is 5.92 Å². The lowest BCUT2D eigenvalue weighted by Gasteiger charge is -2.34. The number of sulfonamides is 1. The Labute approximate surface area is 172 Å². The van der Waals surface area contributed by atoms with Gasteiger partial charge in [-0.1, -0.05) is 13.8 Å². The number of rotatable bonds is 7. The zero-order valence-electron chi connectivity index (χ0n) is 17.3. The summed E-state index contributed by atoms with van der Waals surface area (Å²) in [6, 6.07) is 4.60. The van der Waals surface area contributed by atoms with Crippen LogP contribution in [0.15, 0.2) is 23.1 Å². The van der Waals surface area contributed by atoms with Crippen LogP contribution in [0.25, 0.3) is 0 Å². The van der Waals surface area contributed by atoms with E-state index in [0.717, 1.165) is 12.8 Å². The summed E-state index contributed by atoms with van der Waals surface area (Å²) in [4.78, 5) is 14.9. The number of amides is 1. The van der Waals surface area contributed by atoms with Gasteiger partial charge in [-0.25, -0.2) is 8.42 Å². The summed E-state index contributed by atoms with van der Waals surface area (Å²) in [7, 11) is -2.33. The van der Waals surface area contributed by atoms with Crippen molar-refractivity contribution in [2.24, 2.45) is 5.92 Å². The van der Waals surface area contributed by atoms with Crippen molar-refractivity contribution in [1.82, 2.24) is 9.21 Å². The number of benzene rings is 1. The molecule has 0 saturated carbocycles. The van der Waals surface area contributed by atoms with E-state index in [4.69, 9.17) is 14.2 Å². The first kappa shape index (κ1) is 22.0. The lowest BCUT2D eigenvalue weighted by molar-refractivity contribution is -0.0969. The molecule has 2 aliphatic heterocycles. The maximum absolute atomic E-state index is 13.1. The maximum Gasteiger partial charge on any atom is 0.253 e. The molecule has 0 bridgehead atoms. The molecule has 9 heteroatoms. The highest BCUT2D eigenvalue weighted by Gasteiger charge is 2.34. The van der Waals surface area contributed by atoms with Crippen molar-refractivity contribution in [2.45, 2.75) is 37.9 Å². The number of hydrogen-bond acceptors (Lipinski definition) is 6. The Hall–Kier alpha value is -1.68. The van der Waals surface area contributed by atoms with Gasteiger partial charge in [0.2, 0.25) is 10.0 Å². The molecule has 1 aromatic carbocycles. The summed E-state index contributed by atoms with van der Waals surface area (Å²) in [5.41, 5.74) is 0.338. The Kier molecular flexibility index (Phi) is 7.15. The molecular weight excluding hydrogens is 396 g/mol. The predicted octanol–water partition coefficient (Wildman–Crippen LogP) is 1.95. The fraction of sp³-hybridized carbons (Fsp3) is 0.650. The minimum absolute atomic E-state index is 0.0190. The van der Waals surface area contributed by atoms with Crippen LogP contribution in [0.5, 0.6) is 5.75 Å². The highest BCUT2D eigenvalue weighted by molar-refractivity contribution is 7.89. The van der Waals surface area contributed by atoms with E-state index in [1.807, 2.05) is 0 Å². The average Bonchev–Trinajstić information content (AvgIpc) is 3.28. The molecule has 8 nitrogen and oxygen atoms in total. The SMILES string of the molecule is CCN(CC)S(=O)(=O)c1cc(C(=O)N2CCCC(C3OCCO3)C2)ccc1OC. The van der Waals surface area contributed by atoms with E-state index in [0.29, 0.717) is 45.0 Å². The summed E-state index contributed by atoms with van der Waals surface area (Å²) in [5, 5.41) is 0. The fourth-order valence-corrected chi connectivity index (χ4v) is 5.60. The van der Waals surface area contributed by atoms with Gasteiger partial charge < -0.3 is 19.1 Å². The number of carbonyl (C=O) groups is 1. The van der Waals surface area contributed by atoms with E-state index >= 15 is 0 Å². The van der Waals surface area contributed by atoms with Gasteiger partial charge in [0.25, 0.3) is 5.91 Å². The van der Waals surface area contributed by atoms with Gasteiger partial charge in [0.15, 0.2) is 6.29 Å². The van der Waals surface area contributed by atoms with Crippen molar-refractivity contribution in [2.75, 3.05) is 46.5 Å². The Morgan fingerprint density at radius 2 is 1.93 bits per heavy atom. The van der Waals surface area contributed by atoms with E-state index in [-0.39, 0.29) is 28.8 Å². The van der Waals surface area contributed by atoms with E-state index in [9.17, 15) is 13.2 Å². The van der Waals surface area contributed by atoms with Gasteiger partial charge in [0.05, 0.1) is 20.3 Å². The monoisotopic (exact) mass is 426 g/mol. The van der Waals surface area contributed by atoms with Crippen LogP contribution in [0.4, 0.5) is 0 Å². The molecule has 1 unspecified atom stereocenters. The second kappa shape index (κ2) is 9.42. The van der Waals surface area contributed by atoms with Gasteiger partial charge in [-0.2, -0.15) is 4.31 Å². The van der Waals surface area contributed by atoms with Crippen LogP contribution in [-0.2, 0) is 19.5 Å². The molecule has 1 aromatic rings. The highest BCUT2D eigenvalue weighted by Crippen LogP contribution is 2.30. The van der Waals surface area contributed by atoms with Gasteiger partial charge in [-0.3, -0.25) is 4.79 Å². The molecule has 2 aliphatic rings. The van der Waals surface area contributed by atoms with Crippen LogP contribution < -0.4 is 4.74 Å². The van der Waals surface area contributed by atoms with E-state index in [1.165, 1.54) is 17.5 Å². The molecule has 0 aromatic heterocycles. The molecule has 2 fully saturated rings. The van der Waals surface area contributed by atoms with Crippen molar-refractivity contribution in [3.63, 3.8) is 0 Å². The maximum atomic E-state index is 13.1. The first-order valence-electron chi connectivity index (χ1n) is 10.1. The van der Waals surface area contributed by atoms with Crippen molar-refractivity contribution in [3.05, 3.63) is 23.8 Å². The van der Waals surface area contributed by atoms with Gasteiger partial charge in [0, 0.05) is 37.7 Å². The van der Waals surface area contributed by atoms with E-state index < -0.39 is 10.0 Å². The second-order valence-corrected chi connectivity index (χ2v) is 9.12. The second-order valence-electron chi connectivity index (χ2n) is 7.22. The largest absolute Gasteiger partial charge is 0.495 e. The Bertz CT molecular complexity index is 818. The third-order valence-corrected chi connectivity index (χ3v) is 7.58. The number of ether oxygens (including phenoxy) is 3. The first-order chi connectivity index (χ1) is 13.9. The summed E-state index contributed by atoms with van der Waals surface area (Å²) in [6.07, 6.45) is 1.54. The molecule has 0 spiro atoms. The number of hydrogen-bond donors (Lipinski definition) is 0. The Balaban J connectivity index is 1.85. The van der Waals surface area contributed by atoms with E-state index in [2.05, 4.69) is 0 Å². The number of carbonyl (C=O) groups excluding carboxylic acids is 1. The molecule has 1 amide bonds. The number of methoxy groups -OCH3 is 1. The topological polar surface area (TPSA) is 85.4 Å². The third kappa shape index (κ3) is 4.58. The average molecular weight is 427 g/mol. The summed E-state index contributed by atoms with van der Waals surface area (Å²) in [6.45, 7) is 6.58. The number of piperidine rings is 1. The van der Waals surface area contributed by atoms with Gasteiger partial charge in [0.1, 0.15) is 10.6 Å². The van der Waals surface area contributed by atoms with Crippen LogP contribution in [0.3, 0.4) is 0 Å². The molecule has 1 atom stereocenters. The van der Waals surface area contributed by atoms with E-state index in [1.54, 1.807) is 30.9 Å². The minimum Gasteiger partial charge on any atom is -0.495 e. The van der Waals surface area contributed by atoms with Gasteiger partial charge >= 0.3 is 0 Å². The van der Waals surface area contributed by atoms with Crippen molar-refractivity contribution in [1.29, 1.82) is 0 Å². The Morgan fingerprint density at radius 1 is 1.24 bits per heavy atom. The van der Waals surface area contributed by atoms with Crippen LogP contribution in [0.1, 0.15) is 37.0 Å². The quantitative estimate of drug-likeness (QED) is 0.663. The highest BCUT2D eigenvalue weighted by atomic mass is 32.2. The smallest absolute Gasteiger partial charge is 0.253 e. The van der Waals surface area contributed by atoms with Crippen LogP contribution in [-0.4, -0.2) is 76.3 Å². The molecule has 162 valence electrons. The van der Waals surface area contributed by atoms with Crippen LogP contribution >= 0.6 is 0 Å². The molecule has 0 N–H and O–H groups in total. The molecule has 2 saturated heterocycles. The molecule has 29 heavy (non-hydrogen) atoms. The van der Waals surface area contributed by atoms with Crippen molar-refractivity contribution < 1.29 is 27.4 Å². The normalized spacial score (nSPS) is 21.0.